The number of anilines is 1. The minimum absolute atomic E-state index is 0.354. The van der Waals surface area contributed by atoms with Gasteiger partial charge in [0.1, 0.15) is 36.5 Å². The first kappa shape index (κ1) is 24.0. The second-order valence-electron chi connectivity index (χ2n) is 8.92. The monoisotopic (exact) mass is 488 g/mol. The van der Waals surface area contributed by atoms with Gasteiger partial charge in [0.15, 0.2) is 5.65 Å². The van der Waals surface area contributed by atoms with Crippen molar-refractivity contribution in [2.24, 2.45) is 0 Å². The number of piperazine rings is 1. The summed E-state index contributed by atoms with van der Waals surface area (Å²) in [5, 5.41) is 5.38. The van der Waals surface area contributed by atoms with Crippen LogP contribution in [0.25, 0.3) is 16.7 Å². The molecule has 10 nitrogen and oxygen atoms in total. The Morgan fingerprint density at radius 1 is 1.00 bits per heavy atom. The van der Waals surface area contributed by atoms with E-state index >= 15 is 0 Å². The number of pyridine rings is 1. The Morgan fingerprint density at radius 2 is 1.86 bits per heavy atom. The third kappa shape index (κ3) is 5.24. The molecule has 0 radical (unpaired) electrons. The molecule has 0 saturated carbocycles. The van der Waals surface area contributed by atoms with Gasteiger partial charge in [0, 0.05) is 38.9 Å². The van der Waals surface area contributed by atoms with Crippen LogP contribution in [0.2, 0.25) is 0 Å². The summed E-state index contributed by atoms with van der Waals surface area (Å²) in [6, 6.07) is 11.8. The summed E-state index contributed by atoms with van der Waals surface area (Å²) in [6.45, 7) is 8.07. The second-order valence-corrected chi connectivity index (χ2v) is 8.92. The fourth-order valence-electron chi connectivity index (χ4n) is 4.32. The minimum atomic E-state index is 0.354. The lowest BCUT2D eigenvalue weighted by Gasteiger charge is -2.32. The number of fused-ring (bicyclic) bond motifs is 1. The topological polar surface area (TPSA) is 107 Å². The lowest BCUT2D eigenvalue weighted by atomic mass is 10.1. The Morgan fingerprint density at radius 3 is 2.64 bits per heavy atom. The first-order valence-corrected chi connectivity index (χ1v) is 12.3. The Labute approximate surface area is 210 Å². The Kier molecular flexibility index (Phi) is 7.24. The van der Waals surface area contributed by atoms with Gasteiger partial charge < -0.3 is 20.1 Å². The molecule has 0 bridgehead atoms. The van der Waals surface area contributed by atoms with Crippen LogP contribution >= 0.6 is 0 Å². The van der Waals surface area contributed by atoms with Crippen molar-refractivity contribution in [3.63, 3.8) is 0 Å². The summed E-state index contributed by atoms with van der Waals surface area (Å²) >= 11 is 0. The smallest absolute Gasteiger partial charge is 0.246 e. The minimum Gasteiger partial charge on any atom is -0.487 e. The molecule has 5 rings (SSSR count). The maximum atomic E-state index is 6.23. The molecule has 1 saturated heterocycles. The molecule has 1 aliphatic rings. The number of hydrogen-bond acceptors (Lipinski definition) is 9. The van der Waals surface area contributed by atoms with Gasteiger partial charge in [-0.25, -0.2) is 14.6 Å². The Balaban J connectivity index is 1.36. The summed E-state index contributed by atoms with van der Waals surface area (Å²) in [4.78, 5) is 17.7. The molecule has 3 aromatic heterocycles. The van der Waals surface area contributed by atoms with Crippen molar-refractivity contribution < 1.29 is 9.47 Å². The van der Waals surface area contributed by atoms with Crippen LogP contribution < -0.4 is 15.2 Å². The van der Waals surface area contributed by atoms with Gasteiger partial charge in [-0.05, 0) is 49.4 Å². The molecule has 0 unspecified atom stereocenters. The Bertz CT molecular complexity index is 1300. The zero-order chi connectivity index (χ0) is 24.9. The number of ether oxygens (including phenoxy) is 2. The van der Waals surface area contributed by atoms with Gasteiger partial charge in [-0.15, -0.1) is 5.10 Å². The molecular weight excluding hydrogens is 456 g/mol. The average molecular weight is 489 g/mol. The van der Waals surface area contributed by atoms with E-state index in [1.54, 1.807) is 10.9 Å². The molecule has 4 heterocycles. The molecule has 1 aliphatic heterocycles. The molecule has 10 heteroatoms. The van der Waals surface area contributed by atoms with Gasteiger partial charge in [0.05, 0.1) is 11.4 Å². The lowest BCUT2D eigenvalue weighted by Crippen LogP contribution is -2.45. The summed E-state index contributed by atoms with van der Waals surface area (Å²) in [5.74, 6) is 1.62. The molecule has 0 spiro atoms. The summed E-state index contributed by atoms with van der Waals surface area (Å²) in [5.41, 5.74) is 9.64. The summed E-state index contributed by atoms with van der Waals surface area (Å²) in [6.07, 6.45) is 4.02. The molecule has 1 fully saturated rings. The Hall–Kier alpha value is -3.76. The number of nitrogen functional groups attached to an aromatic ring is 1. The maximum absolute atomic E-state index is 6.23. The third-order valence-electron chi connectivity index (χ3n) is 6.48. The van der Waals surface area contributed by atoms with E-state index in [2.05, 4.69) is 44.8 Å². The van der Waals surface area contributed by atoms with Crippen molar-refractivity contribution in [3.05, 3.63) is 60.2 Å². The number of hydrogen-bond donors (Lipinski definition) is 1. The number of benzene rings is 1. The quantitative estimate of drug-likeness (QED) is 0.380. The second kappa shape index (κ2) is 10.9. The van der Waals surface area contributed by atoms with Crippen LogP contribution in [0, 0.1) is 0 Å². The van der Waals surface area contributed by atoms with Crippen molar-refractivity contribution >= 4 is 16.9 Å². The molecule has 36 heavy (non-hydrogen) atoms. The third-order valence-corrected chi connectivity index (χ3v) is 6.48. The van der Waals surface area contributed by atoms with Gasteiger partial charge >= 0.3 is 0 Å². The van der Waals surface area contributed by atoms with Crippen LogP contribution in [0.15, 0.2) is 48.9 Å². The zero-order valence-corrected chi connectivity index (χ0v) is 20.8. The van der Waals surface area contributed by atoms with Gasteiger partial charge in [-0.2, -0.15) is 0 Å². The van der Waals surface area contributed by atoms with Crippen molar-refractivity contribution in [1.29, 1.82) is 0 Å². The fourth-order valence-corrected chi connectivity index (χ4v) is 4.32. The van der Waals surface area contributed by atoms with E-state index in [9.17, 15) is 0 Å². The maximum Gasteiger partial charge on any atom is 0.246 e. The summed E-state index contributed by atoms with van der Waals surface area (Å²) in [7, 11) is 2.15. The van der Waals surface area contributed by atoms with Crippen molar-refractivity contribution in [2.45, 2.75) is 20.0 Å². The van der Waals surface area contributed by atoms with E-state index < -0.39 is 0 Å². The largest absolute Gasteiger partial charge is 0.487 e. The van der Waals surface area contributed by atoms with E-state index in [1.807, 2.05) is 30.3 Å². The highest BCUT2D eigenvalue weighted by Gasteiger charge is 2.20. The van der Waals surface area contributed by atoms with Gasteiger partial charge in [-0.3, -0.25) is 9.88 Å². The molecule has 0 amide bonds. The predicted octanol–water partition coefficient (Wildman–Crippen LogP) is 2.56. The first-order chi connectivity index (χ1) is 17.6. The van der Waals surface area contributed by atoms with Gasteiger partial charge in [-0.1, -0.05) is 13.0 Å². The number of aromatic nitrogens is 5. The van der Waals surface area contributed by atoms with Crippen molar-refractivity contribution in [2.75, 3.05) is 52.1 Å². The summed E-state index contributed by atoms with van der Waals surface area (Å²) < 4.78 is 13.9. The lowest BCUT2D eigenvalue weighted by molar-refractivity contribution is 0.133. The fraction of sp³-hybridized carbons (Fsp3) is 0.385. The van der Waals surface area contributed by atoms with Crippen LogP contribution in [0.5, 0.6) is 11.6 Å². The normalized spacial score (nSPS) is 14.8. The van der Waals surface area contributed by atoms with Crippen molar-refractivity contribution in [3.8, 4) is 17.3 Å². The number of likely N-dealkylation sites (N-methyl/N-ethyl adjacent to an activating group) is 1. The molecule has 4 aromatic rings. The molecule has 0 atom stereocenters. The number of aryl methyl sites for hydroxylation is 1. The number of rotatable bonds is 9. The zero-order valence-electron chi connectivity index (χ0n) is 20.8. The molecule has 0 aliphatic carbocycles. The highest BCUT2D eigenvalue weighted by atomic mass is 16.5. The van der Waals surface area contributed by atoms with Gasteiger partial charge in [0.2, 0.25) is 5.88 Å². The molecular formula is C26H32N8O2. The molecule has 1 aromatic carbocycles. The molecule has 188 valence electrons. The highest BCUT2D eigenvalue weighted by molar-refractivity contribution is 5.91. The number of nitrogens with zero attached hydrogens (tertiary/aromatic N) is 7. The first-order valence-electron chi connectivity index (χ1n) is 12.3. The SMILES string of the molecule is CCc1cc(-n2nc(OCCN3CCN(C)CC3)c3c(N)ncnc32)ccc1OCc1ccccn1. The van der Waals surface area contributed by atoms with Crippen molar-refractivity contribution in [1.82, 2.24) is 34.5 Å². The van der Waals surface area contributed by atoms with E-state index in [4.69, 9.17) is 20.3 Å². The number of nitrogens with two attached hydrogens (primary N) is 1. The van der Waals surface area contributed by atoms with E-state index in [0.717, 1.165) is 61.8 Å². The van der Waals surface area contributed by atoms with Crippen LogP contribution in [0.3, 0.4) is 0 Å². The van der Waals surface area contributed by atoms with E-state index in [-0.39, 0.29) is 0 Å². The average Bonchev–Trinajstić information content (AvgIpc) is 3.29. The van der Waals surface area contributed by atoms with Gasteiger partial charge in [0.25, 0.3) is 0 Å². The van der Waals surface area contributed by atoms with Crippen LogP contribution in [-0.2, 0) is 13.0 Å². The van der Waals surface area contributed by atoms with Crippen LogP contribution in [0.4, 0.5) is 5.82 Å². The predicted molar refractivity (Wildman–Crippen MR) is 138 cm³/mol. The van der Waals surface area contributed by atoms with E-state index in [1.165, 1.54) is 6.33 Å². The highest BCUT2D eigenvalue weighted by Crippen LogP contribution is 2.31. The molecule has 2 N–H and O–H groups in total. The van der Waals surface area contributed by atoms with Crippen LogP contribution in [-0.4, -0.2) is 80.9 Å². The standard InChI is InChI=1S/C26H32N8O2/c1-3-19-16-21(7-8-22(19)36-17-20-6-4-5-9-28-20)34-25-23(24(27)29-18-30-25)26(31-34)35-15-14-33-12-10-32(2)11-13-33/h4-9,16,18H,3,10-15,17H2,1-2H3,(H2,27,29,30). The van der Waals surface area contributed by atoms with Crippen LogP contribution in [0.1, 0.15) is 18.2 Å². The van der Waals surface area contributed by atoms with E-state index in [0.29, 0.717) is 35.9 Å².